The van der Waals surface area contributed by atoms with E-state index in [1.807, 2.05) is 0 Å². The molecule has 2 atom stereocenters. The van der Waals surface area contributed by atoms with Crippen molar-refractivity contribution in [3.63, 3.8) is 0 Å². The molecule has 2 N–H and O–H groups in total. The molecule has 1 unspecified atom stereocenters. The normalized spacial score (nSPS) is 23.4. The number of carbonyl (C=O) groups excluding carboxylic acids is 3. The minimum atomic E-state index is -1.40. The molecular formula is C32H38ClF3N4O6. The number of halogens is 4. The maximum Gasteiger partial charge on any atom is 0.338 e. The first-order valence-electron chi connectivity index (χ1n) is 14.9. The molecule has 2 aromatic rings. The Hall–Kier alpha value is -3.81. The number of ether oxygens (including phenoxy) is 3. The lowest BCUT2D eigenvalue weighted by Gasteiger charge is -2.37. The maximum atomic E-state index is 14.4. The first-order valence-corrected chi connectivity index (χ1v) is 14.9. The monoisotopic (exact) mass is 666 g/mol. The molecule has 5 rings (SSSR count). The van der Waals surface area contributed by atoms with Crippen LogP contribution in [0.2, 0.25) is 0 Å². The molecule has 1 aliphatic carbocycles. The standard InChI is InChI=1S/C32H37F3N4O6.ClH/c1-43-17-26-28(30(40)45-3)29(19-6-11-24(34)25(35)14-19)39(32(42)37-26)31(41)36-21-12-13-38(16-21)22-8-4-18(5-9-22)23-10-7-20(33)15-27(23)44-2;/h6-7,10-11,14-15,18,21-22,29H,4-5,8-9,12-13,16-17H2,1-3H3,(H,36,41)(H,37,42);1H/t18?,21-,22?,29?;/m1./s1. The molecular weight excluding hydrogens is 629 g/mol. The van der Waals surface area contributed by atoms with Crippen LogP contribution in [0.15, 0.2) is 47.7 Å². The van der Waals surface area contributed by atoms with Gasteiger partial charge in [0.2, 0.25) is 0 Å². The second-order valence-corrected chi connectivity index (χ2v) is 11.5. The van der Waals surface area contributed by atoms with Crippen LogP contribution in [0.3, 0.4) is 0 Å². The van der Waals surface area contributed by atoms with Gasteiger partial charge in [-0.3, -0.25) is 4.90 Å². The van der Waals surface area contributed by atoms with Gasteiger partial charge in [0.15, 0.2) is 11.6 Å². The van der Waals surface area contributed by atoms with Crippen LogP contribution in [-0.2, 0) is 14.3 Å². The Morgan fingerprint density at radius 3 is 2.37 bits per heavy atom. The van der Waals surface area contributed by atoms with Crippen molar-refractivity contribution in [2.45, 2.75) is 56.1 Å². The predicted molar refractivity (Wildman–Crippen MR) is 164 cm³/mol. The van der Waals surface area contributed by atoms with Crippen molar-refractivity contribution in [2.75, 3.05) is 41.0 Å². The molecule has 10 nitrogen and oxygen atoms in total. The van der Waals surface area contributed by atoms with Crippen LogP contribution in [0.25, 0.3) is 0 Å². The van der Waals surface area contributed by atoms with Crippen molar-refractivity contribution in [2.24, 2.45) is 0 Å². The molecule has 1 saturated carbocycles. The Morgan fingerprint density at radius 1 is 0.978 bits per heavy atom. The van der Waals surface area contributed by atoms with Gasteiger partial charge in [-0.2, -0.15) is 0 Å². The number of imide groups is 1. The highest BCUT2D eigenvalue weighted by Gasteiger charge is 2.44. The van der Waals surface area contributed by atoms with E-state index in [1.165, 1.54) is 25.3 Å². The Kier molecular flexibility index (Phi) is 11.6. The fourth-order valence-electron chi connectivity index (χ4n) is 6.73. The molecule has 3 aliphatic rings. The molecule has 2 aliphatic heterocycles. The van der Waals surface area contributed by atoms with Gasteiger partial charge in [-0.25, -0.2) is 32.5 Å². The van der Waals surface area contributed by atoms with Crippen LogP contribution in [0.1, 0.15) is 55.2 Å². The fourth-order valence-corrected chi connectivity index (χ4v) is 6.73. The smallest absolute Gasteiger partial charge is 0.338 e. The predicted octanol–water partition coefficient (Wildman–Crippen LogP) is 5.18. The van der Waals surface area contributed by atoms with Crippen molar-refractivity contribution >= 4 is 30.4 Å². The van der Waals surface area contributed by atoms with E-state index in [4.69, 9.17) is 14.2 Å². The van der Waals surface area contributed by atoms with Crippen LogP contribution < -0.4 is 15.4 Å². The van der Waals surface area contributed by atoms with E-state index in [1.54, 1.807) is 13.2 Å². The number of methoxy groups -OCH3 is 3. The van der Waals surface area contributed by atoms with E-state index in [0.717, 1.165) is 61.9 Å². The number of nitrogens with zero attached hydrogens (tertiary/aromatic N) is 2. The highest BCUT2D eigenvalue weighted by Crippen LogP contribution is 2.40. The zero-order valence-corrected chi connectivity index (χ0v) is 26.6. The van der Waals surface area contributed by atoms with Gasteiger partial charge in [0, 0.05) is 38.3 Å². The zero-order chi connectivity index (χ0) is 32.2. The Morgan fingerprint density at radius 2 is 1.72 bits per heavy atom. The Balaban J connectivity index is 0.00000480. The van der Waals surface area contributed by atoms with E-state index in [-0.39, 0.29) is 53.6 Å². The summed E-state index contributed by atoms with van der Waals surface area (Å²) in [5, 5.41) is 5.44. The van der Waals surface area contributed by atoms with Crippen molar-refractivity contribution in [3.05, 3.63) is 76.2 Å². The summed E-state index contributed by atoms with van der Waals surface area (Å²) in [6.45, 7) is 1.10. The highest BCUT2D eigenvalue weighted by molar-refractivity contribution is 6.01. The van der Waals surface area contributed by atoms with Gasteiger partial charge in [0.05, 0.1) is 32.1 Å². The van der Waals surface area contributed by atoms with E-state index < -0.39 is 35.7 Å². The molecule has 2 aromatic carbocycles. The van der Waals surface area contributed by atoms with Crippen molar-refractivity contribution in [3.8, 4) is 5.75 Å². The number of hydrogen-bond donors (Lipinski definition) is 2. The lowest BCUT2D eigenvalue weighted by molar-refractivity contribution is -0.137. The highest BCUT2D eigenvalue weighted by atomic mass is 35.5. The summed E-state index contributed by atoms with van der Waals surface area (Å²) in [6.07, 6.45) is 4.31. The third-order valence-corrected chi connectivity index (χ3v) is 8.90. The van der Waals surface area contributed by atoms with Gasteiger partial charge >= 0.3 is 18.0 Å². The molecule has 0 aromatic heterocycles. The minimum Gasteiger partial charge on any atom is -0.496 e. The van der Waals surface area contributed by atoms with Gasteiger partial charge < -0.3 is 24.8 Å². The van der Waals surface area contributed by atoms with E-state index in [0.29, 0.717) is 24.8 Å². The first kappa shape index (κ1) is 35.1. The average Bonchev–Trinajstić information content (AvgIpc) is 3.50. The molecule has 0 bridgehead atoms. The number of carbonyl (C=O) groups is 3. The first-order chi connectivity index (χ1) is 21.6. The number of likely N-dealkylation sites (tertiary alicyclic amines) is 1. The van der Waals surface area contributed by atoms with Gasteiger partial charge in [-0.15, -0.1) is 12.4 Å². The van der Waals surface area contributed by atoms with Gasteiger partial charge in [-0.05, 0) is 67.3 Å². The zero-order valence-electron chi connectivity index (χ0n) is 25.8. The topological polar surface area (TPSA) is 109 Å². The number of esters is 1. The lowest BCUT2D eigenvalue weighted by Crippen LogP contribution is -2.56. The van der Waals surface area contributed by atoms with Crippen molar-refractivity contribution in [1.82, 2.24) is 20.4 Å². The van der Waals surface area contributed by atoms with Crippen LogP contribution >= 0.6 is 12.4 Å². The summed E-state index contributed by atoms with van der Waals surface area (Å²) in [5.74, 6) is -2.69. The van der Waals surface area contributed by atoms with Gasteiger partial charge in [0.25, 0.3) is 0 Å². The summed E-state index contributed by atoms with van der Waals surface area (Å²) < 4.78 is 57.4. The van der Waals surface area contributed by atoms with Gasteiger partial charge in [0.1, 0.15) is 17.6 Å². The molecule has 46 heavy (non-hydrogen) atoms. The molecule has 250 valence electrons. The molecule has 14 heteroatoms. The Labute approximate surface area is 271 Å². The molecule has 0 spiro atoms. The van der Waals surface area contributed by atoms with E-state index in [9.17, 15) is 27.6 Å². The van der Waals surface area contributed by atoms with Crippen molar-refractivity contribution in [1.29, 1.82) is 0 Å². The summed E-state index contributed by atoms with van der Waals surface area (Å²) in [4.78, 5) is 43.1. The summed E-state index contributed by atoms with van der Waals surface area (Å²) in [6, 6.07) is 4.55. The maximum absolute atomic E-state index is 14.4. The van der Waals surface area contributed by atoms with E-state index in [2.05, 4.69) is 15.5 Å². The summed E-state index contributed by atoms with van der Waals surface area (Å²) in [7, 11) is 4.04. The molecule has 1 saturated heterocycles. The fraction of sp³-hybridized carbons (Fsp3) is 0.469. The van der Waals surface area contributed by atoms with Crippen LogP contribution in [0.5, 0.6) is 5.75 Å². The third-order valence-electron chi connectivity index (χ3n) is 8.90. The number of hydrogen-bond acceptors (Lipinski definition) is 7. The van der Waals surface area contributed by atoms with Crippen molar-refractivity contribution < 1.29 is 41.8 Å². The molecule has 2 heterocycles. The quantitative estimate of drug-likeness (QED) is 0.374. The van der Waals surface area contributed by atoms with Crippen LogP contribution in [0.4, 0.5) is 22.8 Å². The second kappa shape index (κ2) is 15.2. The number of benzene rings is 2. The summed E-state index contributed by atoms with van der Waals surface area (Å²) in [5.41, 5.74) is 0.931. The second-order valence-electron chi connectivity index (χ2n) is 11.5. The lowest BCUT2D eigenvalue weighted by atomic mass is 9.81. The van der Waals surface area contributed by atoms with Crippen LogP contribution in [-0.4, -0.2) is 80.9 Å². The van der Waals surface area contributed by atoms with Crippen LogP contribution in [0, 0.1) is 17.5 Å². The SMILES string of the molecule is COCC1=C(C(=O)OC)C(c2ccc(F)c(F)c2)N(C(=O)N[C@@H]2CCN(C3CCC(c4ccc(F)cc4OC)CC3)C2)C(=O)N1.Cl. The minimum absolute atomic E-state index is 0. The number of rotatable bonds is 8. The molecule has 0 radical (unpaired) electrons. The summed E-state index contributed by atoms with van der Waals surface area (Å²) >= 11 is 0. The molecule has 4 amide bonds. The number of urea groups is 2. The largest absolute Gasteiger partial charge is 0.496 e. The number of nitrogens with one attached hydrogen (secondary N) is 2. The average molecular weight is 667 g/mol. The Bertz CT molecular complexity index is 1490. The third kappa shape index (κ3) is 7.26. The van der Waals surface area contributed by atoms with Gasteiger partial charge in [-0.1, -0.05) is 12.1 Å². The molecule has 2 fully saturated rings. The van der Waals surface area contributed by atoms with E-state index >= 15 is 0 Å². The number of amides is 4.